The first kappa shape index (κ1) is 21.8. The van der Waals surface area contributed by atoms with Crippen LogP contribution in [0, 0.1) is 6.92 Å². The van der Waals surface area contributed by atoms with Crippen LogP contribution in [0.5, 0.6) is 0 Å². The molecule has 2 N–H and O–H groups in total. The number of carbonyl (C=O) groups excluding carboxylic acids is 2. The van der Waals surface area contributed by atoms with E-state index in [-0.39, 0.29) is 23.6 Å². The van der Waals surface area contributed by atoms with E-state index in [4.69, 9.17) is 0 Å². The molecule has 2 amide bonds. The number of imidazole rings is 1. The lowest BCUT2D eigenvalue weighted by atomic mass is 10.1. The van der Waals surface area contributed by atoms with E-state index in [1.165, 1.54) is 29.6 Å². The minimum absolute atomic E-state index is 0.161. The number of hydrogen-bond acceptors (Lipinski definition) is 5. The van der Waals surface area contributed by atoms with Crippen LogP contribution in [0.2, 0.25) is 0 Å². The molecule has 0 saturated carbocycles. The Kier molecular flexibility index (Phi) is 5.65. The maximum Gasteiger partial charge on any atom is 0.332 e. The highest BCUT2D eigenvalue weighted by Gasteiger charge is 2.16. The van der Waals surface area contributed by atoms with E-state index >= 15 is 0 Å². The fourth-order valence-corrected chi connectivity index (χ4v) is 3.57. The quantitative estimate of drug-likeness (QED) is 0.483. The van der Waals surface area contributed by atoms with E-state index in [0.717, 1.165) is 10.1 Å². The highest BCUT2D eigenvalue weighted by Crippen LogP contribution is 2.17. The van der Waals surface area contributed by atoms with Gasteiger partial charge in [-0.15, -0.1) is 0 Å². The van der Waals surface area contributed by atoms with Crippen molar-refractivity contribution < 1.29 is 9.59 Å². The molecular weight excluding hydrogens is 424 g/mol. The molecule has 0 fully saturated rings. The van der Waals surface area contributed by atoms with Crippen molar-refractivity contribution in [2.45, 2.75) is 13.5 Å². The maximum atomic E-state index is 12.6. The number of hydrogen-bond donors (Lipinski definition) is 2. The molecule has 0 unspecified atom stereocenters. The fraction of sp³-hybridized carbons (Fsp3) is 0.174. The number of carbonyl (C=O) groups is 2. The van der Waals surface area contributed by atoms with Gasteiger partial charge in [0.2, 0.25) is 5.91 Å². The lowest BCUT2D eigenvalue weighted by molar-refractivity contribution is -0.116. The summed E-state index contributed by atoms with van der Waals surface area (Å²) in [6, 6.07) is 14.0. The van der Waals surface area contributed by atoms with Gasteiger partial charge in [-0.1, -0.05) is 24.3 Å². The Morgan fingerprint density at radius 2 is 1.64 bits per heavy atom. The molecular formula is C23H22N6O4. The van der Waals surface area contributed by atoms with Crippen molar-refractivity contribution in [3.8, 4) is 0 Å². The molecule has 2 aromatic carbocycles. The van der Waals surface area contributed by atoms with Gasteiger partial charge in [-0.05, 0) is 36.8 Å². The molecule has 10 nitrogen and oxygen atoms in total. The van der Waals surface area contributed by atoms with Crippen molar-refractivity contribution in [1.29, 1.82) is 0 Å². The van der Waals surface area contributed by atoms with Crippen molar-refractivity contribution in [1.82, 2.24) is 18.7 Å². The monoisotopic (exact) mass is 446 g/mol. The first-order chi connectivity index (χ1) is 15.8. The van der Waals surface area contributed by atoms with Gasteiger partial charge in [-0.25, -0.2) is 9.78 Å². The smallest absolute Gasteiger partial charge is 0.324 e. The van der Waals surface area contributed by atoms with Gasteiger partial charge >= 0.3 is 5.69 Å². The Bertz CT molecular complexity index is 1510. The number of nitrogens with zero attached hydrogens (tertiary/aromatic N) is 4. The Labute approximate surface area is 188 Å². The highest BCUT2D eigenvalue weighted by molar-refractivity contribution is 6.05. The van der Waals surface area contributed by atoms with E-state index < -0.39 is 17.2 Å². The van der Waals surface area contributed by atoms with Crippen molar-refractivity contribution in [3.05, 3.63) is 86.8 Å². The molecule has 10 heteroatoms. The molecule has 33 heavy (non-hydrogen) atoms. The summed E-state index contributed by atoms with van der Waals surface area (Å²) < 4.78 is 3.63. The molecule has 0 aliphatic carbocycles. The van der Waals surface area contributed by atoms with Crippen molar-refractivity contribution in [3.63, 3.8) is 0 Å². The van der Waals surface area contributed by atoms with Gasteiger partial charge < -0.3 is 15.2 Å². The van der Waals surface area contributed by atoms with Crippen LogP contribution in [-0.2, 0) is 25.4 Å². The molecule has 4 aromatic rings. The van der Waals surface area contributed by atoms with Crippen molar-refractivity contribution in [2.24, 2.45) is 14.1 Å². The Balaban J connectivity index is 1.51. The van der Waals surface area contributed by atoms with Crippen LogP contribution in [-0.4, -0.2) is 30.5 Å². The molecule has 0 saturated heterocycles. The number of aryl methyl sites for hydroxylation is 2. The Hall–Kier alpha value is -4.47. The van der Waals surface area contributed by atoms with Gasteiger partial charge in [-0.2, -0.15) is 0 Å². The van der Waals surface area contributed by atoms with E-state index in [1.807, 2.05) is 19.1 Å². The van der Waals surface area contributed by atoms with E-state index in [2.05, 4.69) is 15.6 Å². The van der Waals surface area contributed by atoms with E-state index in [9.17, 15) is 19.2 Å². The van der Waals surface area contributed by atoms with E-state index in [1.54, 1.807) is 36.4 Å². The molecule has 0 bridgehead atoms. The van der Waals surface area contributed by atoms with Crippen LogP contribution in [0.4, 0.5) is 11.4 Å². The molecule has 4 rings (SSSR count). The average Bonchev–Trinajstić information content (AvgIpc) is 3.20. The predicted octanol–water partition coefficient (Wildman–Crippen LogP) is 1.63. The SMILES string of the molecule is Cc1ccccc1C(=O)Nc1cccc(NC(=O)Cn2cnc3c2c(=O)n(C)c(=O)n3C)c1. The number of nitrogens with one attached hydrogen (secondary N) is 2. The normalized spacial score (nSPS) is 10.9. The van der Waals surface area contributed by atoms with Gasteiger partial charge in [0.05, 0.1) is 6.33 Å². The number of rotatable bonds is 5. The Morgan fingerprint density at radius 1 is 0.939 bits per heavy atom. The molecule has 0 atom stereocenters. The molecule has 0 aliphatic rings. The average molecular weight is 446 g/mol. The summed E-state index contributed by atoms with van der Waals surface area (Å²) in [4.78, 5) is 53.9. The van der Waals surface area contributed by atoms with Gasteiger partial charge in [0, 0.05) is 31.0 Å². The maximum absolute atomic E-state index is 12.6. The first-order valence-corrected chi connectivity index (χ1v) is 10.1. The molecule has 0 spiro atoms. The zero-order chi connectivity index (χ0) is 23.7. The zero-order valence-electron chi connectivity index (χ0n) is 18.3. The van der Waals surface area contributed by atoms with Gasteiger partial charge in [-0.3, -0.25) is 23.5 Å². The molecule has 0 radical (unpaired) electrons. The van der Waals surface area contributed by atoms with Crippen LogP contribution >= 0.6 is 0 Å². The standard InChI is InChI=1S/C23H22N6O4/c1-14-7-4-5-10-17(14)21(31)26-16-9-6-8-15(11-16)25-18(30)12-29-13-24-20-19(29)22(32)28(3)23(33)27(20)2/h4-11,13H,12H2,1-3H3,(H,25,30)(H,26,31). The van der Waals surface area contributed by atoms with Crippen LogP contribution < -0.4 is 21.9 Å². The van der Waals surface area contributed by atoms with Crippen molar-refractivity contribution >= 4 is 34.4 Å². The largest absolute Gasteiger partial charge is 0.332 e. The second kappa shape index (κ2) is 8.58. The minimum atomic E-state index is -0.528. The fourth-order valence-electron chi connectivity index (χ4n) is 3.57. The van der Waals surface area contributed by atoms with Gasteiger partial charge in [0.1, 0.15) is 6.54 Å². The van der Waals surface area contributed by atoms with Gasteiger partial charge in [0.15, 0.2) is 11.2 Å². The molecule has 2 aromatic heterocycles. The topological polar surface area (TPSA) is 120 Å². The summed E-state index contributed by atoms with van der Waals surface area (Å²) in [6.45, 7) is 1.68. The van der Waals surface area contributed by atoms with Crippen molar-refractivity contribution in [2.75, 3.05) is 10.6 Å². The Morgan fingerprint density at radius 3 is 2.36 bits per heavy atom. The number of benzene rings is 2. The third kappa shape index (κ3) is 4.18. The van der Waals surface area contributed by atoms with Crippen LogP contribution in [0.15, 0.2) is 64.4 Å². The third-order valence-electron chi connectivity index (χ3n) is 5.33. The number of fused-ring (bicyclic) bond motifs is 1. The second-order valence-corrected chi connectivity index (χ2v) is 7.65. The third-order valence-corrected chi connectivity index (χ3v) is 5.33. The summed E-state index contributed by atoms with van der Waals surface area (Å²) in [6.07, 6.45) is 1.35. The summed E-state index contributed by atoms with van der Waals surface area (Å²) in [5.74, 6) is -0.643. The second-order valence-electron chi connectivity index (χ2n) is 7.65. The number of amides is 2. The van der Waals surface area contributed by atoms with Crippen LogP contribution in [0.1, 0.15) is 15.9 Å². The highest BCUT2D eigenvalue weighted by atomic mass is 16.2. The number of anilines is 2. The van der Waals surface area contributed by atoms with E-state index in [0.29, 0.717) is 16.9 Å². The zero-order valence-corrected chi connectivity index (χ0v) is 18.3. The molecule has 0 aliphatic heterocycles. The van der Waals surface area contributed by atoms with Crippen LogP contribution in [0.3, 0.4) is 0 Å². The van der Waals surface area contributed by atoms with Gasteiger partial charge in [0.25, 0.3) is 11.5 Å². The lowest BCUT2D eigenvalue weighted by Gasteiger charge is -2.11. The summed E-state index contributed by atoms with van der Waals surface area (Å²) in [7, 11) is 2.89. The lowest BCUT2D eigenvalue weighted by Crippen LogP contribution is -2.37. The molecule has 168 valence electrons. The minimum Gasteiger partial charge on any atom is -0.324 e. The summed E-state index contributed by atoms with van der Waals surface area (Å²) in [5.41, 5.74) is 1.77. The first-order valence-electron chi connectivity index (χ1n) is 10.1. The summed E-state index contributed by atoms with van der Waals surface area (Å²) >= 11 is 0. The van der Waals surface area contributed by atoms with Crippen LogP contribution in [0.25, 0.3) is 11.2 Å². The number of aromatic nitrogens is 4. The summed E-state index contributed by atoms with van der Waals surface area (Å²) in [5, 5.41) is 5.58. The predicted molar refractivity (Wildman–Crippen MR) is 124 cm³/mol. The molecule has 2 heterocycles.